The van der Waals surface area contributed by atoms with Crippen LogP contribution in [0.4, 0.5) is 5.69 Å². The molecule has 0 saturated heterocycles. The van der Waals surface area contributed by atoms with Crippen molar-refractivity contribution in [2.45, 2.75) is 44.4 Å². The Morgan fingerprint density at radius 3 is 2.17 bits per heavy atom. The highest BCUT2D eigenvalue weighted by atomic mass is 16.5. The molecule has 7 heteroatoms. The molecule has 0 radical (unpaired) electrons. The second kappa shape index (κ2) is 6.02. The number of nitrogens with zero attached hydrogens (tertiary/aromatic N) is 4. The number of amides is 1. The molecule has 1 N–H and O–H groups in total. The first-order valence-corrected chi connectivity index (χ1v) is 9.44. The maximum Gasteiger partial charge on any atom is 0.237 e. The molecular formula is C22H21N5O2. The van der Waals surface area contributed by atoms with E-state index in [2.05, 4.69) is 36.1 Å². The maximum absolute atomic E-state index is 13.7. The van der Waals surface area contributed by atoms with Crippen LogP contribution in [0.25, 0.3) is 0 Å². The van der Waals surface area contributed by atoms with Crippen molar-refractivity contribution in [2.24, 2.45) is 5.41 Å². The molecule has 2 atom stereocenters. The van der Waals surface area contributed by atoms with Gasteiger partial charge in [-0.1, -0.05) is 20.8 Å². The highest BCUT2D eigenvalue weighted by Crippen LogP contribution is 2.70. The standard InChI is InChI=1S/C22H21N5O2/c1-20(2)21(3)9-10-22(20,18-17(21)26-15(11-23)16(12-24)27-18)19(28)25-13-5-7-14(29-4)8-6-13/h5-8H,9-10H2,1-4H3,(H,25,28). The summed E-state index contributed by atoms with van der Waals surface area (Å²) in [5.74, 6) is 0.535. The SMILES string of the molecule is COc1ccc(NC(=O)C23CCC(C)(c4nc(C#N)c(C#N)nc42)C3(C)C)cc1. The van der Waals surface area contributed by atoms with Gasteiger partial charge in [0.1, 0.15) is 17.9 Å². The molecule has 1 amide bonds. The molecular weight excluding hydrogens is 366 g/mol. The van der Waals surface area contributed by atoms with Crippen LogP contribution in [0.5, 0.6) is 5.75 Å². The summed E-state index contributed by atoms with van der Waals surface area (Å²) in [6.07, 6.45) is 1.37. The predicted octanol–water partition coefficient (Wildman–Crippen LogP) is 3.20. The number of aromatic nitrogens is 2. The van der Waals surface area contributed by atoms with Crippen molar-refractivity contribution in [3.05, 3.63) is 47.0 Å². The van der Waals surface area contributed by atoms with Crippen LogP contribution in [0, 0.1) is 28.1 Å². The van der Waals surface area contributed by atoms with E-state index in [9.17, 15) is 15.3 Å². The normalized spacial score (nSPS) is 25.6. The van der Waals surface area contributed by atoms with E-state index in [0.717, 1.165) is 6.42 Å². The first kappa shape index (κ1) is 18.9. The summed E-state index contributed by atoms with van der Waals surface area (Å²) in [7, 11) is 1.59. The highest BCUT2D eigenvalue weighted by Gasteiger charge is 2.73. The smallest absolute Gasteiger partial charge is 0.237 e. The number of rotatable bonds is 3. The third-order valence-electron chi connectivity index (χ3n) is 7.22. The fourth-order valence-corrected chi connectivity index (χ4v) is 5.05. The Bertz CT molecular complexity index is 1110. The number of benzene rings is 1. The minimum atomic E-state index is -0.927. The molecule has 4 rings (SSSR count). The molecule has 0 spiro atoms. The van der Waals surface area contributed by atoms with Crippen LogP contribution < -0.4 is 10.1 Å². The van der Waals surface area contributed by atoms with E-state index >= 15 is 0 Å². The van der Waals surface area contributed by atoms with Gasteiger partial charge in [-0.25, -0.2) is 9.97 Å². The molecule has 2 aliphatic carbocycles. The number of anilines is 1. The first-order valence-electron chi connectivity index (χ1n) is 9.44. The summed E-state index contributed by atoms with van der Waals surface area (Å²) < 4.78 is 5.17. The largest absolute Gasteiger partial charge is 0.497 e. The Balaban J connectivity index is 1.85. The number of hydrogen-bond acceptors (Lipinski definition) is 6. The number of methoxy groups -OCH3 is 1. The Hall–Kier alpha value is -3.45. The molecule has 1 fully saturated rings. The van der Waals surface area contributed by atoms with E-state index < -0.39 is 16.2 Å². The molecule has 1 aromatic carbocycles. The molecule has 0 aliphatic heterocycles. The third-order valence-corrected chi connectivity index (χ3v) is 7.22. The van der Waals surface area contributed by atoms with Crippen LogP contribution in [0.2, 0.25) is 0 Å². The monoisotopic (exact) mass is 387 g/mol. The van der Waals surface area contributed by atoms with Gasteiger partial charge in [0, 0.05) is 11.1 Å². The lowest BCUT2D eigenvalue weighted by atomic mass is 9.63. The molecule has 146 valence electrons. The second-order valence-corrected chi connectivity index (χ2v) is 8.39. The van der Waals surface area contributed by atoms with Crippen molar-refractivity contribution >= 4 is 11.6 Å². The van der Waals surface area contributed by atoms with Crippen molar-refractivity contribution < 1.29 is 9.53 Å². The molecule has 1 saturated carbocycles. The number of carbonyl (C=O) groups is 1. The molecule has 2 unspecified atom stereocenters. The van der Waals surface area contributed by atoms with Crippen LogP contribution in [0.3, 0.4) is 0 Å². The quantitative estimate of drug-likeness (QED) is 0.865. The average molecular weight is 387 g/mol. The lowest BCUT2D eigenvalue weighted by Crippen LogP contribution is -2.48. The number of nitrogens with one attached hydrogen (secondary N) is 1. The van der Waals surface area contributed by atoms with Crippen LogP contribution in [-0.2, 0) is 15.6 Å². The van der Waals surface area contributed by atoms with E-state index in [1.165, 1.54) is 0 Å². The molecule has 1 heterocycles. The van der Waals surface area contributed by atoms with Gasteiger partial charge in [0.15, 0.2) is 11.4 Å². The minimum absolute atomic E-state index is 0.0153. The zero-order valence-corrected chi connectivity index (χ0v) is 16.8. The van der Waals surface area contributed by atoms with Gasteiger partial charge < -0.3 is 10.1 Å². The lowest BCUT2D eigenvalue weighted by molar-refractivity contribution is -0.125. The van der Waals surface area contributed by atoms with Gasteiger partial charge in [0.05, 0.1) is 23.9 Å². The van der Waals surface area contributed by atoms with Crippen molar-refractivity contribution in [3.8, 4) is 17.9 Å². The van der Waals surface area contributed by atoms with E-state index in [4.69, 9.17) is 4.74 Å². The van der Waals surface area contributed by atoms with Gasteiger partial charge in [0.2, 0.25) is 5.91 Å². The molecule has 2 aliphatic rings. The number of carbonyl (C=O) groups excluding carboxylic acids is 1. The predicted molar refractivity (Wildman–Crippen MR) is 105 cm³/mol. The van der Waals surface area contributed by atoms with Gasteiger partial charge in [-0.15, -0.1) is 0 Å². The summed E-state index contributed by atoms with van der Waals surface area (Å²) in [6.45, 7) is 6.17. The molecule has 29 heavy (non-hydrogen) atoms. The number of nitriles is 2. The average Bonchev–Trinajstić information content (AvgIpc) is 3.02. The lowest BCUT2D eigenvalue weighted by Gasteiger charge is -2.39. The van der Waals surface area contributed by atoms with Crippen molar-refractivity contribution in [2.75, 3.05) is 12.4 Å². The highest BCUT2D eigenvalue weighted by molar-refractivity contribution is 6.01. The van der Waals surface area contributed by atoms with Crippen molar-refractivity contribution in [3.63, 3.8) is 0 Å². The van der Waals surface area contributed by atoms with Crippen LogP contribution in [-0.4, -0.2) is 23.0 Å². The number of fused-ring (bicyclic) bond motifs is 5. The summed E-state index contributed by atoms with van der Waals surface area (Å²) >= 11 is 0. The van der Waals surface area contributed by atoms with E-state index in [1.54, 1.807) is 31.4 Å². The zero-order chi connectivity index (χ0) is 21.0. The summed E-state index contributed by atoms with van der Waals surface area (Å²) in [5.41, 5.74) is 0.00335. The zero-order valence-electron chi connectivity index (χ0n) is 16.8. The minimum Gasteiger partial charge on any atom is -0.497 e. The van der Waals surface area contributed by atoms with Gasteiger partial charge >= 0.3 is 0 Å². The summed E-state index contributed by atoms with van der Waals surface area (Å²) in [4.78, 5) is 22.7. The van der Waals surface area contributed by atoms with E-state index in [0.29, 0.717) is 29.2 Å². The first-order chi connectivity index (χ1) is 13.7. The molecule has 2 bridgehead atoms. The van der Waals surface area contributed by atoms with Gasteiger partial charge in [-0.3, -0.25) is 4.79 Å². The Labute approximate surface area is 169 Å². The molecule has 7 nitrogen and oxygen atoms in total. The summed E-state index contributed by atoms with van der Waals surface area (Å²) in [6, 6.07) is 11.1. The fourth-order valence-electron chi connectivity index (χ4n) is 5.05. The van der Waals surface area contributed by atoms with Crippen molar-refractivity contribution in [1.29, 1.82) is 10.5 Å². The van der Waals surface area contributed by atoms with Gasteiger partial charge in [-0.2, -0.15) is 10.5 Å². The Morgan fingerprint density at radius 2 is 1.62 bits per heavy atom. The second-order valence-electron chi connectivity index (χ2n) is 8.39. The maximum atomic E-state index is 13.7. The Kier molecular flexibility index (Phi) is 3.92. The number of hydrogen-bond donors (Lipinski definition) is 1. The van der Waals surface area contributed by atoms with Crippen LogP contribution in [0.1, 0.15) is 56.4 Å². The molecule has 1 aromatic heterocycles. The van der Waals surface area contributed by atoms with Crippen molar-refractivity contribution in [1.82, 2.24) is 9.97 Å². The number of ether oxygens (including phenoxy) is 1. The van der Waals surface area contributed by atoms with E-state index in [1.807, 2.05) is 12.1 Å². The van der Waals surface area contributed by atoms with E-state index in [-0.39, 0.29) is 17.3 Å². The summed E-state index contributed by atoms with van der Waals surface area (Å²) in [5, 5.41) is 21.8. The van der Waals surface area contributed by atoms with Crippen LogP contribution in [0.15, 0.2) is 24.3 Å². The van der Waals surface area contributed by atoms with Crippen LogP contribution >= 0.6 is 0 Å². The fraction of sp³-hybridized carbons (Fsp3) is 0.409. The molecule has 2 aromatic rings. The van der Waals surface area contributed by atoms with Gasteiger partial charge in [0.25, 0.3) is 0 Å². The van der Waals surface area contributed by atoms with Gasteiger partial charge in [-0.05, 0) is 42.5 Å². The topological polar surface area (TPSA) is 112 Å². The third kappa shape index (κ3) is 2.19. The Morgan fingerprint density at radius 1 is 1.03 bits per heavy atom.